The molecule has 0 spiro atoms. The van der Waals surface area contributed by atoms with E-state index in [9.17, 15) is 0 Å². The molecule has 2 N–H and O–H groups in total. The van der Waals surface area contributed by atoms with Gasteiger partial charge < -0.3 is 15.2 Å². The molecule has 0 atom stereocenters. The topological polar surface area (TPSA) is 44.5 Å². The van der Waals surface area contributed by atoms with Crippen LogP contribution in [0, 0.1) is 0 Å². The Hall–Kier alpha value is -1.68. The summed E-state index contributed by atoms with van der Waals surface area (Å²) in [4.78, 5) is 1.17. The van der Waals surface area contributed by atoms with E-state index in [1.807, 2.05) is 17.5 Å². The van der Waals surface area contributed by atoms with Gasteiger partial charge in [0.1, 0.15) is 6.61 Å². The maximum Gasteiger partial charge on any atom is 0.163 e. The van der Waals surface area contributed by atoms with Crippen LogP contribution in [-0.4, -0.2) is 7.11 Å². The molecule has 1 heterocycles. The molecule has 4 heteroatoms. The van der Waals surface area contributed by atoms with Crippen molar-refractivity contribution in [2.75, 3.05) is 12.8 Å². The fraction of sp³-hybridized carbons (Fsp3) is 0.167. The summed E-state index contributed by atoms with van der Waals surface area (Å²) in [6.45, 7) is 0.539. The molecule has 0 saturated carbocycles. The predicted molar refractivity (Wildman–Crippen MR) is 66.1 cm³/mol. The van der Waals surface area contributed by atoms with Crippen molar-refractivity contribution in [1.29, 1.82) is 0 Å². The van der Waals surface area contributed by atoms with Crippen molar-refractivity contribution in [3.8, 4) is 11.5 Å². The summed E-state index contributed by atoms with van der Waals surface area (Å²) in [5.41, 5.74) is 6.37. The van der Waals surface area contributed by atoms with Crippen LogP contribution < -0.4 is 15.2 Å². The molecule has 0 fully saturated rings. The molecule has 0 saturated heterocycles. The second kappa shape index (κ2) is 4.90. The Morgan fingerprint density at radius 2 is 2.12 bits per heavy atom. The summed E-state index contributed by atoms with van der Waals surface area (Å²) in [5.74, 6) is 1.38. The lowest BCUT2D eigenvalue weighted by molar-refractivity contribution is 0.287. The van der Waals surface area contributed by atoms with Crippen LogP contribution in [-0.2, 0) is 6.61 Å². The summed E-state index contributed by atoms with van der Waals surface area (Å²) in [6, 6.07) is 9.39. The van der Waals surface area contributed by atoms with E-state index in [-0.39, 0.29) is 0 Å². The van der Waals surface area contributed by atoms with Gasteiger partial charge in [-0.3, -0.25) is 0 Å². The average Bonchev–Trinajstić information content (AvgIpc) is 2.79. The van der Waals surface area contributed by atoms with Crippen molar-refractivity contribution in [3.05, 3.63) is 40.6 Å². The molecule has 0 aliphatic rings. The minimum Gasteiger partial charge on any atom is -0.493 e. The molecule has 84 valence electrons. The third-order valence-corrected chi connectivity index (χ3v) is 2.99. The SMILES string of the molecule is COc1ccc(N)cc1OCc1cccs1. The quantitative estimate of drug-likeness (QED) is 0.829. The van der Waals surface area contributed by atoms with Crippen molar-refractivity contribution >= 4 is 17.0 Å². The fourth-order valence-electron chi connectivity index (χ4n) is 1.35. The third kappa shape index (κ3) is 2.46. The first-order valence-electron chi connectivity index (χ1n) is 4.88. The van der Waals surface area contributed by atoms with Crippen molar-refractivity contribution < 1.29 is 9.47 Å². The molecule has 2 rings (SSSR count). The zero-order valence-electron chi connectivity index (χ0n) is 8.97. The number of thiophene rings is 1. The van der Waals surface area contributed by atoms with Gasteiger partial charge in [0.2, 0.25) is 0 Å². The first kappa shape index (κ1) is 10.8. The second-order valence-electron chi connectivity index (χ2n) is 3.28. The molecule has 0 unspecified atom stereocenters. The van der Waals surface area contributed by atoms with Gasteiger partial charge in [-0.2, -0.15) is 0 Å². The lowest BCUT2D eigenvalue weighted by atomic mass is 10.3. The number of hydrogen-bond acceptors (Lipinski definition) is 4. The highest BCUT2D eigenvalue weighted by Gasteiger charge is 2.05. The van der Waals surface area contributed by atoms with Gasteiger partial charge in [0, 0.05) is 16.6 Å². The van der Waals surface area contributed by atoms with E-state index in [1.165, 1.54) is 4.88 Å². The number of ether oxygens (including phenoxy) is 2. The summed E-state index contributed by atoms with van der Waals surface area (Å²) in [5, 5.41) is 2.02. The minimum atomic E-state index is 0.539. The molecular formula is C12H13NO2S. The number of hydrogen-bond donors (Lipinski definition) is 1. The maximum absolute atomic E-state index is 5.70. The highest BCUT2D eigenvalue weighted by molar-refractivity contribution is 7.09. The number of nitrogen functional groups attached to an aromatic ring is 1. The molecule has 0 amide bonds. The van der Waals surface area contributed by atoms with Gasteiger partial charge in [-0.1, -0.05) is 6.07 Å². The summed E-state index contributed by atoms with van der Waals surface area (Å²) in [7, 11) is 1.61. The van der Waals surface area contributed by atoms with Crippen molar-refractivity contribution in [2.45, 2.75) is 6.61 Å². The number of anilines is 1. The van der Waals surface area contributed by atoms with Crippen molar-refractivity contribution in [1.82, 2.24) is 0 Å². The van der Waals surface area contributed by atoms with E-state index in [1.54, 1.807) is 36.6 Å². The van der Waals surface area contributed by atoms with Gasteiger partial charge in [0.25, 0.3) is 0 Å². The van der Waals surface area contributed by atoms with E-state index in [0.29, 0.717) is 23.8 Å². The molecule has 0 aliphatic carbocycles. The maximum atomic E-state index is 5.70. The largest absolute Gasteiger partial charge is 0.493 e. The Morgan fingerprint density at radius 3 is 2.81 bits per heavy atom. The molecule has 2 aromatic rings. The predicted octanol–water partition coefficient (Wildman–Crippen LogP) is 2.92. The molecule has 1 aromatic heterocycles. The normalized spacial score (nSPS) is 10.1. The summed E-state index contributed by atoms with van der Waals surface area (Å²) in [6.07, 6.45) is 0. The molecule has 0 bridgehead atoms. The van der Waals surface area contributed by atoms with Gasteiger partial charge in [-0.15, -0.1) is 11.3 Å². The van der Waals surface area contributed by atoms with Crippen LogP contribution in [0.5, 0.6) is 11.5 Å². The van der Waals surface area contributed by atoms with Gasteiger partial charge in [-0.25, -0.2) is 0 Å². The zero-order valence-corrected chi connectivity index (χ0v) is 9.79. The van der Waals surface area contributed by atoms with Crippen LogP contribution in [0.3, 0.4) is 0 Å². The molecular weight excluding hydrogens is 222 g/mol. The third-order valence-electron chi connectivity index (χ3n) is 2.14. The average molecular weight is 235 g/mol. The van der Waals surface area contributed by atoms with E-state index in [0.717, 1.165) is 0 Å². The van der Waals surface area contributed by atoms with Gasteiger partial charge >= 0.3 is 0 Å². The van der Waals surface area contributed by atoms with Crippen molar-refractivity contribution in [2.24, 2.45) is 0 Å². The Morgan fingerprint density at radius 1 is 1.25 bits per heavy atom. The fourth-order valence-corrected chi connectivity index (χ4v) is 1.97. The smallest absolute Gasteiger partial charge is 0.163 e. The van der Waals surface area contributed by atoms with Crippen LogP contribution in [0.2, 0.25) is 0 Å². The first-order chi connectivity index (χ1) is 7.79. The Bertz CT molecular complexity index is 454. The van der Waals surface area contributed by atoms with Crippen LogP contribution in [0.25, 0.3) is 0 Å². The van der Waals surface area contributed by atoms with Crippen LogP contribution in [0.1, 0.15) is 4.88 Å². The van der Waals surface area contributed by atoms with E-state index < -0.39 is 0 Å². The summed E-state index contributed by atoms with van der Waals surface area (Å²) < 4.78 is 10.9. The molecule has 1 aromatic carbocycles. The Balaban J connectivity index is 2.11. The second-order valence-corrected chi connectivity index (χ2v) is 4.31. The number of rotatable bonds is 4. The van der Waals surface area contributed by atoms with E-state index in [2.05, 4.69) is 0 Å². The Labute approximate surface area is 98.4 Å². The molecule has 0 radical (unpaired) electrons. The number of methoxy groups -OCH3 is 1. The standard InChI is InChI=1S/C12H13NO2S/c1-14-11-5-4-9(13)7-12(11)15-8-10-3-2-6-16-10/h2-7H,8,13H2,1H3. The number of nitrogens with two attached hydrogens (primary N) is 1. The van der Waals surface area contributed by atoms with Crippen molar-refractivity contribution in [3.63, 3.8) is 0 Å². The van der Waals surface area contributed by atoms with E-state index >= 15 is 0 Å². The van der Waals surface area contributed by atoms with Gasteiger partial charge in [0.05, 0.1) is 7.11 Å². The van der Waals surface area contributed by atoms with Crippen LogP contribution >= 0.6 is 11.3 Å². The minimum absolute atomic E-state index is 0.539. The summed E-state index contributed by atoms with van der Waals surface area (Å²) >= 11 is 1.66. The van der Waals surface area contributed by atoms with Crippen LogP contribution in [0.15, 0.2) is 35.7 Å². The number of benzene rings is 1. The molecule has 16 heavy (non-hydrogen) atoms. The lowest BCUT2D eigenvalue weighted by Gasteiger charge is -2.10. The van der Waals surface area contributed by atoms with Gasteiger partial charge in [0.15, 0.2) is 11.5 Å². The van der Waals surface area contributed by atoms with Crippen LogP contribution in [0.4, 0.5) is 5.69 Å². The van der Waals surface area contributed by atoms with Gasteiger partial charge in [-0.05, 0) is 23.6 Å². The highest BCUT2D eigenvalue weighted by atomic mass is 32.1. The Kier molecular flexibility index (Phi) is 3.31. The monoisotopic (exact) mass is 235 g/mol. The lowest BCUT2D eigenvalue weighted by Crippen LogP contribution is -1.97. The molecule has 3 nitrogen and oxygen atoms in total. The first-order valence-corrected chi connectivity index (χ1v) is 5.76. The molecule has 0 aliphatic heterocycles. The van der Waals surface area contributed by atoms with E-state index in [4.69, 9.17) is 15.2 Å². The highest BCUT2D eigenvalue weighted by Crippen LogP contribution is 2.29. The zero-order chi connectivity index (χ0) is 11.4.